The summed E-state index contributed by atoms with van der Waals surface area (Å²) in [5, 5.41) is 3.21. The molecule has 3 N–H and O–H groups in total. The Bertz CT molecular complexity index is 1070. The first kappa shape index (κ1) is 17.3. The number of hydrogen-bond donors (Lipinski definition) is 2. The number of pyridine rings is 1. The Morgan fingerprint density at radius 1 is 1.22 bits per heavy atom. The maximum absolute atomic E-state index is 12.5. The van der Waals surface area contributed by atoms with Crippen LogP contribution in [0.25, 0.3) is 22.6 Å². The van der Waals surface area contributed by atoms with Crippen molar-refractivity contribution in [3.8, 4) is 11.5 Å². The average molecular weight is 379 g/mol. The number of nitrogens with one attached hydrogen (secondary N) is 1. The minimum atomic E-state index is -0.253. The molecule has 0 spiro atoms. The smallest absolute Gasteiger partial charge is 0.257 e. The summed E-state index contributed by atoms with van der Waals surface area (Å²) < 4.78 is 6.28. The summed E-state index contributed by atoms with van der Waals surface area (Å²) in [7, 11) is 0. The van der Waals surface area contributed by atoms with Crippen molar-refractivity contribution in [2.45, 2.75) is 13.0 Å². The zero-order valence-electron chi connectivity index (χ0n) is 14.4. The lowest BCUT2D eigenvalue weighted by molar-refractivity contribution is 0.102. The third kappa shape index (κ3) is 3.69. The molecule has 0 atom stereocenters. The van der Waals surface area contributed by atoms with Crippen molar-refractivity contribution in [3.63, 3.8) is 0 Å². The highest BCUT2D eigenvalue weighted by Crippen LogP contribution is 2.21. The fourth-order valence-corrected chi connectivity index (χ4v) is 3.26. The van der Waals surface area contributed by atoms with Crippen LogP contribution in [-0.2, 0) is 6.54 Å². The lowest BCUT2D eigenvalue weighted by Gasteiger charge is -2.04. The first-order valence-corrected chi connectivity index (χ1v) is 9.23. The van der Waals surface area contributed by atoms with Gasteiger partial charge in [-0.1, -0.05) is 6.07 Å². The standard InChI is InChI=1S/C18H17N7OS/c19-7-3-9-25-11-21-14-10-12(5-6-15(14)25)17(26)23-18-22-16(24-27-18)13-4-1-2-8-20-13/h1-2,4-6,8,10-11H,3,7,9,19H2,(H,22,23,24,26). The Hall–Kier alpha value is -3.17. The van der Waals surface area contributed by atoms with Crippen LogP contribution in [0.15, 0.2) is 48.9 Å². The highest BCUT2D eigenvalue weighted by molar-refractivity contribution is 7.10. The topological polar surface area (TPSA) is 112 Å². The Labute approximate surface area is 159 Å². The largest absolute Gasteiger partial charge is 0.331 e. The second-order valence-electron chi connectivity index (χ2n) is 5.88. The van der Waals surface area contributed by atoms with Gasteiger partial charge in [-0.3, -0.25) is 15.1 Å². The number of nitrogens with zero attached hydrogens (tertiary/aromatic N) is 5. The molecule has 4 aromatic rings. The lowest BCUT2D eigenvalue weighted by atomic mass is 10.2. The highest BCUT2D eigenvalue weighted by Gasteiger charge is 2.13. The van der Waals surface area contributed by atoms with E-state index in [1.807, 2.05) is 28.8 Å². The Balaban J connectivity index is 1.51. The van der Waals surface area contributed by atoms with Crippen molar-refractivity contribution in [1.82, 2.24) is 23.9 Å². The van der Waals surface area contributed by atoms with Gasteiger partial charge < -0.3 is 10.3 Å². The van der Waals surface area contributed by atoms with Gasteiger partial charge in [0.15, 0.2) is 5.82 Å². The zero-order valence-corrected chi connectivity index (χ0v) is 15.2. The van der Waals surface area contributed by atoms with E-state index in [4.69, 9.17) is 5.73 Å². The molecule has 0 bridgehead atoms. The fraction of sp³-hybridized carbons (Fsp3) is 0.167. The Morgan fingerprint density at radius 3 is 2.96 bits per heavy atom. The van der Waals surface area contributed by atoms with Crippen molar-refractivity contribution in [2.75, 3.05) is 11.9 Å². The predicted octanol–water partition coefficient (Wildman–Crippen LogP) is 2.55. The van der Waals surface area contributed by atoms with Crippen molar-refractivity contribution in [1.29, 1.82) is 0 Å². The molecule has 9 heteroatoms. The predicted molar refractivity (Wildman–Crippen MR) is 104 cm³/mol. The van der Waals surface area contributed by atoms with E-state index in [0.717, 1.165) is 35.5 Å². The van der Waals surface area contributed by atoms with Crippen LogP contribution >= 0.6 is 11.5 Å². The van der Waals surface area contributed by atoms with Gasteiger partial charge in [0.25, 0.3) is 5.91 Å². The van der Waals surface area contributed by atoms with E-state index in [1.165, 1.54) is 0 Å². The lowest BCUT2D eigenvalue weighted by Crippen LogP contribution is -2.11. The molecule has 4 rings (SSSR count). The molecule has 1 aromatic carbocycles. The van der Waals surface area contributed by atoms with E-state index in [9.17, 15) is 4.79 Å². The molecule has 0 aliphatic rings. The molecule has 27 heavy (non-hydrogen) atoms. The molecule has 0 saturated carbocycles. The fourth-order valence-electron chi connectivity index (χ4n) is 2.69. The number of nitrogens with two attached hydrogens (primary N) is 1. The molecule has 0 aliphatic carbocycles. The molecule has 3 heterocycles. The molecule has 1 amide bonds. The quantitative estimate of drug-likeness (QED) is 0.532. The van der Waals surface area contributed by atoms with Crippen molar-refractivity contribution in [2.24, 2.45) is 5.73 Å². The third-order valence-corrected chi connectivity index (χ3v) is 4.66. The molecule has 136 valence electrons. The minimum Gasteiger partial charge on any atom is -0.331 e. The number of aryl methyl sites for hydroxylation is 1. The van der Waals surface area contributed by atoms with Crippen LogP contribution in [0.3, 0.4) is 0 Å². The number of imidazole rings is 1. The number of aromatic nitrogens is 5. The van der Waals surface area contributed by atoms with Gasteiger partial charge in [-0.05, 0) is 43.3 Å². The summed E-state index contributed by atoms with van der Waals surface area (Å²) in [6.45, 7) is 1.43. The van der Waals surface area contributed by atoms with Crippen molar-refractivity contribution >= 4 is 33.6 Å². The van der Waals surface area contributed by atoms with Gasteiger partial charge >= 0.3 is 0 Å². The second kappa shape index (κ2) is 7.60. The van der Waals surface area contributed by atoms with Crippen molar-refractivity contribution in [3.05, 3.63) is 54.5 Å². The Morgan fingerprint density at radius 2 is 2.15 bits per heavy atom. The molecule has 0 aliphatic heterocycles. The number of carbonyl (C=O) groups excluding carboxylic acids is 1. The number of anilines is 1. The SMILES string of the molecule is NCCCn1cnc2cc(C(=O)Nc3nc(-c4ccccn4)ns3)ccc21. The molecule has 8 nitrogen and oxygen atoms in total. The molecule has 0 unspecified atom stereocenters. The summed E-state index contributed by atoms with van der Waals surface area (Å²) in [4.78, 5) is 25.5. The highest BCUT2D eigenvalue weighted by atomic mass is 32.1. The van der Waals surface area contributed by atoms with Crippen LogP contribution in [0.4, 0.5) is 5.13 Å². The average Bonchev–Trinajstić information content (AvgIpc) is 3.33. The van der Waals surface area contributed by atoms with E-state index >= 15 is 0 Å². The van der Waals surface area contributed by atoms with Crippen LogP contribution in [0.5, 0.6) is 0 Å². The van der Waals surface area contributed by atoms with E-state index in [-0.39, 0.29) is 5.91 Å². The number of carbonyl (C=O) groups is 1. The van der Waals surface area contributed by atoms with E-state index < -0.39 is 0 Å². The number of benzene rings is 1. The first-order chi connectivity index (χ1) is 13.2. The normalized spacial score (nSPS) is 11.0. The maximum Gasteiger partial charge on any atom is 0.257 e. The van der Waals surface area contributed by atoms with Gasteiger partial charge in [0.2, 0.25) is 5.13 Å². The van der Waals surface area contributed by atoms with Crippen LogP contribution in [0, 0.1) is 0 Å². The third-order valence-electron chi connectivity index (χ3n) is 4.03. The van der Waals surface area contributed by atoms with Gasteiger partial charge in [-0.2, -0.15) is 9.36 Å². The minimum absolute atomic E-state index is 0.253. The Kier molecular flexibility index (Phi) is 4.86. The van der Waals surface area contributed by atoms with Gasteiger partial charge in [0.1, 0.15) is 5.69 Å². The summed E-state index contributed by atoms with van der Waals surface area (Å²) in [6.07, 6.45) is 4.33. The molecule has 0 fully saturated rings. The van der Waals surface area contributed by atoms with Gasteiger partial charge in [-0.25, -0.2) is 4.98 Å². The van der Waals surface area contributed by atoms with Crippen LogP contribution in [0.2, 0.25) is 0 Å². The van der Waals surface area contributed by atoms with Crippen LogP contribution < -0.4 is 11.1 Å². The summed E-state index contributed by atoms with van der Waals surface area (Å²) in [6, 6.07) is 11.0. The monoisotopic (exact) mass is 379 g/mol. The van der Waals surface area contributed by atoms with E-state index in [1.54, 1.807) is 24.7 Å². The van der Waals surface area contributed by atoms with E-state index in [0.29, 0.717) is 28.8 Å². The summed E-state index contributed by atoms with van der Waals surface area (Å²) in [5.41, 5.74) is 8.49. The number of rotatable bonds is 6. The molecular formula is C18H17N7OS. The number of fused-ring (bicyclic) bond motifs is 1. The molecular weight excluding hydrogens is 362 g/mol. The first-order valence-electron chi connectivity index (χ1n) is 8.46. The molecule has 0 radical (unpaired) electrons. The zero-order chi connectivity index (χ0) is 18.6. The summed E-state index contributed by atoms with van der Waals surface area (Å²) in [5.74, 6) is 0.238. The second-order valence-corrected chi connectivity index (χ2v) is 6.63. The molecule has 3 aromatic heterocycles. The van der Waals surface area contributed by atoms with Crippen molar-refractivity contribution < 1.29 is 4.79 Å². The maximum atomic E-state index is 12.5. The van der Waals surface area contributed by atoms with Gasteiger partial charge in [0.05, 0.1) is 17.4 Å². The van der Waals surface area contributed by atoms with Crippen LogP contribution in [0.1, 0.15) is 16.8 Å². The number of amides is 1. The van der Waals surface area contributed by atoms with Gasteiger partial charge in [-0.15, -0.1) is 0 Å². The van der Waals surface area contributed by atoms with E-state index in [2.05, 4.69) is 24.6 Å². The van der Waals surface area contributed by atoms with Crippen LogP contribution in [-0.4, -0.2) is 36.3 Å². The summed E-state index contributed by atoms with van der Waals surface area (Å²) >= 11 is 1.12. The van der Waals surface area contributed by atoms with Gasteiger partial charge in [0, 0.05) is 29.8 Å². The molecule has 0 saturated heterocycles. The number of hydrogen-bond acceptors (Lipinski definition) is 7.